The second-order valence-corrected chi connectivity index (χ2v) is 6.38. The summed E-state index contributed by atoms with van der Waals surface area (Å²) in [5, 5.41) is 14.0. The number of carbonyl (C=O) groups is 2. The quantitative estimate of drug-likeness (QED) is 0.192. The van der Waals surface area contributed by atoms with Gasteiger partial charge in [-0.25, -0.2) is 0 Å². The molecule has 0 atom stereocenters. The number of benzene rings is 2. The first-order chi connectivity index (χ1) is 14.4. The molecule has 0 radical (unpaired) electrons. The number of phenols is 1. The van der Waals surface area contributed by atoms with E-state index in [1.54, 1.807) is 25.1 Å². The summed E-state index contributed by atoms with van der Waals surface area (Å²) >= 11 is 4.89. The van der Waals surface area contributed by atoms with Gasteiger partial charge in [-0.1, -0.05) is 31.4 Å². The van der Waals surface area contributed by atoms with Crippen LogP contribution in [0.15, 0.2) is 61.7 Å². The van der Waals surface area contributed by atoms with Crippen LogP contribution in [0, 0.1) is 6.92 Å². The number of hydrogen-bond donors (Lipinski definition) is 3. The molecule has 3 N–H and O–H groups in total. The first-order valence-electron chi connectivity index (χ1n) is 8.46. The van der Waals surface area contributed by atoms with Crippen LogP contribution in [-0.4, -0.2) is 22.2 Å². The molecule has 2 rings (SSSR count). The third-order valence-corrected chi connectivity index (χ3v) is 3.75. The monoisotopic (exact) mass is 454 g/mol. The molecule has 0 fully saturated rings. The molecule has 0 bridgehead atoms. The highest BCUT2D eigenvalue weighted by atomic mass is 32.1. The highest BCUT2D eigenvalue weighted by molar-refractivity contribution is 7.80. The van der Waals surface area contributed by atoms with Crippen molar-refractivity contribution in [2.45, 2.75) is 13.1 Å². The standard InChI is InChI=1S/C17H12F4N2O3S.C4H6/c1-8-2-3-13(24)12(4-8)22-16(27)23-15(26)10-5-9(14(18)25)6-11(7-10)17(19,20)21;1-3-4-2/h2-7,24H,1H3,(H2,22,23,26,27);3-4H,1-2H2. The van der Waals surface area contributed by atoms with Crippen molar-refractivity contribution in [3.05, 3.63) is 84.0 Å². The number of allylic oxidation sites excluding steroid dienone is 2. The van der Waals surface area contributed by atoms with Gasteiger partial charge in [-0.3, -0.25) is 14.9 Å². The van der Waals surface area contributed by atoms with Gasteiger partial charge in [0.05, 0.1) is 16.8 Å². The van der Waals surface area contributed by atoms with E-state index in [1.165, 1.54) is 12.1 Å². The Bertz CT molecular complexity index is 1010. The minimum Gasteiger partial charge on any atom is -0.506 e. The third kappa shape index (κ3) is 8.01. The van der Waals surface area contributed by atoms with Crippen LogP contribution in [-0.2, 0) is 6.18 Å². The summed E-state index contributed by atoms with van der Waals surface area (Å²) in [5.41, 5.74) is -1.93. The van der Waals surface area contributed by atoms with E-state index in [1.807, 2.05) is 0 Å². The van der Waals surface area contributed by atoms with Crippen molar-refractivity contribution in [1.82, 2.24) is 5.32 Å². The largest absolute Gasteiger partial charge is 0.506 e. The molecule has 2 aromatic rings. The number of aromatic hydroxyl groups is 1. The molecule has 164 valence electrons. The summed E-state index contributed by atoms with van der Waals surface area (Å²) in [4.78, 5) is 22.9. The third-order valence-electron chi connectivity index (χ3n) is 3.54. The second kappa shape index (κ2) is 11.0. The van der Waals surface area contributed by atoms with E-state index in [9.17, 15) is 32.3 Å². The number of thiocarbonyl (C=S) groups is 1. The minimum absolute atomic E-state index is 0.165. The Hall–Kier alpha value is -3.53. The number of anilines is 1. The zero-order valence-electron chi connectivity index (χ0n) is 16.2. The molecule has 31 heavy (non-hydrogen) atoms. The van der Waals surface area contributed by atoms with E-state index in [2.05, 4.69) is 23.8 Å². The van der Waals surface area contributed by atoms with E-state index in [-0.39, 0.29) is 16.5 Å². The average Bonchev–Trinajstić information content (AvgIpc) is 2.69. The van der Waals surface area contributed by atoms with Crippen molar-refractivity contribution >= 4 is 35.0 Å². The molecule has 5 nitrogen and oxygen atoms in total. The van der Waals surface area contributed by atoms with Gasteiger partial charge in [-0.15, -0.1) is 0 Å². The SMILES string of the molecule is C=CC=C.Cc1ccc(O)c(NC(=S)NC(=O)c2cc(C(=O)F)cc(C(F)(F)F)c2)c1. The lowest BCUT2D eigenvalue weighted by Gasteiger charge is -2.13. The van der Waals surface area contributed by atoms with Crippen molar-refractivity contribution in [3.63, 3.8) is 0 Å². The molecule has 0 saturated heterocycles. The summed E-state index contributed by atoms with van der Waals surface area (Å²) in [6.45, 7) is 8.46. The van der Waals surface area contributed by atoms with Crippen molar-refractivity contribution < 1.29 is 32.3 Å². The molecule has 0 aliphatic rings. The zero-order chi connectivity index (χ0) is 23.8. The number of alkyl halides is 3. The molecule has 0 unspecified atom stereocenters. The summed E-state index contributed by atoms with van der Waals surface area (Å²) in [5.74, 6) is -1.25. The number of rotatable bonds is 4. The molecular formula is C21H18F4N2O3S. The van der Waals surface area contributed by atoms with Gasteiger partial charge in [0, 0.05) is 5.56 Å². The second-order valence-electron chi connectivity index (χ2n) is 5.97. The van der Waals surface area contributed by atoms with Crippen molar-refractivity contribution in [2.75, 3.05) is 5.32 Å². The smallest absolute Gasteiger partial charge is 0.416 e. The number of hydrogen-bond acceptors (Lipinski definition) is 4. The summed E-state index contributed by atoms with van der Waals surface area (Å²) in [7, 11) is 0. The van der Waals surface area contributed by atoms with E-state index >= 15 is 0 Å². The topological polar surface area (TPSA) is 78.4 Å². The number of nitrogens with one attached hydrogen (secondary N) is 2. The maximum Gasteiger partial charge on any atom is 0.416 e. The normalized spacial score (nSPS) is 10.2. The summed E-state index contributed by atoms with van der Waals surface area (Å²) < 4.78 is 51.5. The van der Waals surface area contributed by atoms with Gasteiger partial charge in [0.15, 0.2) is 5.11 Å². The number of carbonyl (C=O) groups excluding carboxylic acids is 2. The Labute approximate surface area is 181 Å². The Morgan fingerprint density at radius 2 is 1.65 bits per heavy atom. The van der Waals surface area contributed by atoms with Crippen LogP contribution in [0.2, 0.25) is 0 Å². The highest BCUT2D eigenvalue weighted by Crippen LogP contribution is 2.31. The highest BCUT2D eigenvalue weighted by Gasteiger charge is 2.32. The van der Waals surface area contributed by atoms with Gasteiger partial charge in [-0.05, 0) is 55.0 Å². The molecule has 0 aromatic heterocycles. The number of aryl methyl sites for hydroxylation is 1. The van der Waals surface area contributed by atoms with Gasteiger partial charge < -0.3 is 10.4 Å². The Kier molecular flexibility index (Phi) is 9.07. The van der Waals surface area contributed by atoms with E-state index in [0.29, 0.717) is 18.2 Å². The summed E-state index contributed by atoms with van der Waals surface area (Å²) in [6, 6.07) is 3.88. The van der Waals surface area contributed by atoms with Crippen LogP contribution < -0.4 is 10.6 Å². The van der Waals surface area contributed by atoms with Gasteiger partial charge in [0.25, 0.3) is 5.91 Å². The van der Waals surface area contributed by atoms with Gasteiger partial charge in [-0.2, -0.15) is 17.6 Å². The Morgan fingerprint density at radius 3 is 2.16 bits per heavy atom. The van der Waals surface area contributed by atoms with E-state index < -0.39 is 34.8 Å². The van der Waals surface area contributed by atoms with Crippen LogP contribution in [0.3, 0.4) is 0 Å². The first kappa shape index (κ1) is 25.5. The minimum atomic E-state index is -4.88. The average molecular weight is 454 g/mol. The van der Waals surface area contributed by atoms with Crippen molar-refractivity contribution in [3.8, 4) is 5.75 Å². The van der Waals surface area contributed by atoms with Crippen LogP contribution in [0.25, 0.3) is 0 Å². The van der Waals surface area contributed by atoms with Crippen LogP contribution in [0.5, 0.6) is 5.75 Å². The number of halogens is 4. The summed E-state index contributed by atoms with van der Waals surface area (Å²) in [6.07, 6.45) is -1.60. The van der Waals surface area contributed by atoms with Crippen LogP contribution in [0.4, 0.5) is 23.2 Å². The number of amides is 1. The van der Waals surface area contributed by atoms with Crippen LogP contribution >= 0.6 is 12.2 Å². The zero-order valence-corrected chi connectivity index (χ0v) is 17.0. The molecular weight excluding hydrogens is 436 g/mol. The molecule has 1 amide bonds. The predicted molar refractivity (Wildman–Crippen MR) is 114 cm³/mol. The maximum atomic E-state index is 12.9. The lowest BCUT2D eigenvalue weighted by Crippen LogP contribution is -2.34. The molecule has 0 heterocycles. The molecule has 10 heteroatoms. The maximum absolute atomic E-state index is 12.9. The van der Waals surface area contributed by atoms with Gasteiger partial charge in [0.2, 0.25) is 0 Å². The molecule has 0 spiro atoms. The number of phenolic OH excluding ortho intramolecular Hbond substituents is 1. The Morgan fingerprint density at radius 1 is 1.06 bits per heavy atom. The van der Waals surface area contributed by atoms with Gasteiger partial charge >= 0.3 is 12.2 Å². The molecule has 0 saturated carbocycles. The van der Waals surface area contributed by atoms with Crippen molar-refractivity contribution in [1.29, 1.82) is 0 Å². The molecule has 2 aromatic carbocycles. The first-order valence-corrected chi connectivity index (χ1v) is 8.87. The lowest BCUT2D eigenvalue weighted by atomic mass is 10.0. The fourth-order valence-electron chi connectivity index (χ4n) is 2.11. The predicted octanol–water partition coefficient (Wildman–Crippen LogP) is 5.31. The molecule has 0 aliphatic heterocycles. The van der Waals surface area contributed by atoms with E-state index in [4.69, 9.17) is 12.2 Å². The van der Waals surface area contributed by atoms with Crippen molar-refractivity contribution in [2.24, 2.45) is 0 Å². The van der Waals surface area contributed by atoms with E-state index in [0.717, 1.165) is 5.56 Å². The fraction of sp³-hybridized carbons (Fsp3) is 0.0952. The Balaban J connectivity index is 0.00000110. The fourth-order valence-corrected chi connectivity index (χ4v) is 2.32. The van der Waals surface area contributed by atoms with Gasteiger partial charge in [0.1, 0.15) is 5.75 Å². The molecule has 0 aliphatic carbocycles. The van der Waals surface area contributed by atoms with Crippen LogP contribution in [0.1, 0.15) is 31.8 Å². The lowest BCUT2D eigenvalue weighted by molar-refractivity contribution is -0.137.